The van der Waals surface area contributed by atoms with Crippen LogP contribution in [0.3, 0.4) is 0 Å². The highest BCUT2D eigenvalue weighted by Gasteiger charge is 2.10. The number of benzene rings is 1. The summed E-state index contributed by atoms with van der Waals surface area (Å²) >= 11 is 3.51. The zero-order valence-electron chi connectivity index (χ0n) is 12.3. The molecule has 19 heavy (non-hydrogen) atoms. The molecule has 1 aromatic rings. The van der Waals surface area contributed by atoms with E-state index in [2.05, 4.69) is 41.2 Å². The predicted molar refractivity (Wildman–Crippen MR) is 83.0 cm³/mol. The summed E-state index contributed by atoms with van der Waals surface area (Å²) in [5.74, 6) is 2.28. The summed E-state index contributed by atoms with van der Waals surface area (Å²) in [6.07, 6.45) is 2.48. The number of nitrogens with one attached hydrogen (secondary N) is 1. The molecular weight excluding hydrogens is 306 g/mol. The van der Waals surface area contributed by atoms with Crippen molar-refractivity contribution in [2.75, 3.05) is 20.8 Å². The number of rotatable bonds is 8. The summed E-state index contributed by atoms with van der Waals surface area (Å²) in [4.78, 5) is 0. The monoisotopic (exact) mass is 329 g/mol. The van der Waals surface area contributed by atoms with Crippen molar-refractivity contribution in [3.05, 3.63) is 22.2 Å². The summed E-state index contributed by atoms with van der Waals surface area (Å²) in [5, 5.41) is 3.46. The van der Waals surface area contributed by atoms with E-state index in [9.17, 15) is 0 Å². The Balaban J connectivity index is 2.52. The van der Waals surface area contributed by atoms with Gasteiger partial charge < -0.3 is 14.8 Å². The van der Waals surface area contributed by atoms with E-state index in [0.29, 0.717) is 0 Å². The molecule has 1 N–H and O–H groups in total. The van der Waals surface area contributed by atoms with Crippen molar-refractivity contribution < 1.29 is 9.47 Å². The van der Waals surface area contributed by atoms with Gasteiger partial charge >= 0.3 is 0 Å². The van der Waals surface area contributed by atoms with Crippen LogP contribution in [0.2, 0.25) is 0 Å². The molecule has 0 saturated carbocycles. The van der Waals surface area contributed by atoms with Gasteiger partial charge in [-0.2, -0.15) is 0 Å². The molecule has 0 aliphatic carbocycles. The molecular formula is C15H24BrNO2. The molecule has 4 heteroatoms. The van der Waals surface area contributed by atoms with Crippen molar-refractivity contribution >= 4 is 15.9 Å². The lowest BCUT2D eigenvalue weighted by molar-refractivity contribution is 0.352. The van der Waals surface area contributed by atoms with Crippen LogP contribution in [0.25, 0.3) is 0 Å². The predicted octanol–water partition coefficient (Wildman–Crippen LogP) is 3.99. The second-order valence-electron chi connectivity index (χ2n) is 5.03. The van der Waals surface area contributed by atoms with Gasteiger partial charge in [-0.3, -0.25) is 0 Å². The van der Waals surface area contributed by atoms with E-state index in [1.807, 2.05) is 6.07 Å². The quantitative estimate of drug-likeness (QED) is 0.731. The van der Waals surface area contributed by atoms with Gasteiger partial charge in [0.15, 0.2) is 11.5 Å². The van der Waals surface area contributed by atoms with Gasteiger partial charge in [-0.05, 0) is 58.9 Å². The Kier molecular flexibility index (Phi) is 7.24. The van der Waals surface area contributed by atoms with E-state index in [1.165, 1.54) is 18.4 Å². The average Bonchev–Trinajstić information content (AvgIpc) is 2.37. The summed E-state index contributed by atoms with van der Waals surface area (Å²) in [7, 11) is 3.30. The van der Waals surface area contributed by atoms with Crippen LogP contribution < -0.4 is 14.8 Å². The molecule has 0 fully saturated rings. The molecule has 0 atom stereocenters. The molecule has 0 spiro atoms. The first-order chi connectivity index (χ1) is 9.08. The molecule has 3 nitrogen and oxygen atoms in total. The van der Waals surface area contributed by atoms with Gasteiger partial charge in [0.1, 0.15) is 0 Å². The third-order valence-corrected chi connectivity index (χ3v) is 3.55. The Morgan fingerprint density at radius 1 is 1.21 bits per heavy atom. The Labute approximate surface area is 124 Å². The van der Waals surface area contributed by atoms with Gasteiger partial charge in [0, 0.05) is 6.54 Å². The Hall–Kier alpha value is -0.740. The highest BCUT2D eigenvalue weighted by molar-refractivity contribution is 9.10. The summed E-state index contributed by atoms with van der Waals surface area (Å²) < 4.78 is 11.6. The largest absolute Gasteiger partial charge is 0.493 e. The average molecular weight is 330 g/mol. The van der Waals surface area contributed by atoms with Crippen LogP contribution in [0.1, 0.15) is 32.3 Å². The highest BCUT2D eigenvalue weighted by atomic mass is 79.9. The highest BCUT2D eigenvalue weighted by Crippen LogP contribution is 2.36. The van der Waals surface area contributed by atoms with Crippen LogP contribution in [0.5, 0.6) is 11.5 Å². The topological polar surface area (TPSA) is 30.5 Å². The summed E-state index contributed by atoms with van der Waals surface area (Å²) in [5.41, 5.74) is 1.19. The van der Waals surface area contributed by atoms with Crippen molar-refractivity contribution in [2.24, 2.45) is 5.92 Å². The van der Waals surface area contributed by atoms with Crippen molar-refractivity contribution in [2.45, 2.75) is 33.2 Å². The molecule has 0 amide bonds. The molecule has 0 radical (unpaired) electrons. The molecule has 0 heterocycles. The lowest BCUT2D eigenvalue weighted by Gasteiger charge is -2.12. The zero-order valence-corrected chi connectivity index (χ0v) is 13.8. The molecule has 0 aliphatic heterocycles. The molecule has 0 aromatic heterocycles. The van der Waals surface area contributed by atoms with E-state index < -0.39 is 0 Å². The molecule has 0 bridgehead atoms. The maximum Gasteiger partial charge on any atom is 0.174 e. The van der Waals surface area contributed by atoms with Gasteiger partial charge in [-0.15, -0.1) is 0 Å². The lowest BCUT2D eigenvalue weighted by atomic mass is 10.1. The van der Waals surface area contributed by atoms with Gasteiger partial charge in [-0.25, -0.2) is 0 Å². The van der Waals surface area contributed by atoms with Gasteiger partial charge in [-0.1, -0.05) is 13.8 Å². The minimum atomic E-state index is 0.742. The van der Waals surface area contributed by atoms with Crippen molar-refractivity contribution in [3.8, 4) is 11.5 Å². The maximum atomic E-state index is 5.33. The summed E-state index contributed by atoms with van der Waals surface area (Å²) in [6.45, 7) is 6.40. The summed E-state index contributed by atoms with van der Waals surface area (Å²) in [6, 6.07) is 4.08. The van der Waals surface area contributed by atoms with Crippen LogP contribution in [0.15, 0.2) is 16.6 Å². The molecule has 1 aromatic carbocycles. The fourth-order valence-electron chi connectivity index (χ4n) is 1.94. The number of hydrogen-bond acceptors (Lipinski definition) is 3. The van der Waals surface area contributed by atoms with Crippen LogP contribution in [-0.4, -0.2) is 20.8 Å². The number of halogens is 1. The first-order valence-electron chi connectivity index (χ1n) is 6.69. The van der Waals surface area contributed by atoms with E-state index in [0.717, 1.165) is 35.0 Å². The molecule has 0 unspecified atom stereocenters. The van der Waals surface area contributed by atoms with E-state index in [1.54, 1.807) is 14.2 Å². The number of ether oxygens (including phenoxy) is 2. The SMILES string of the molecule is COc1cc(CNCCCC(C)C)cc(Br)c1OC. The Bertz CT molecular complexity index is 394. The third-order valence-electron chi connectivity index (χ3n) is 2.96. The molecule has 0 saturated heterocycles. The second kappa shape index (κ2) is 8.43. The molecule has 0 aliphatic rings. The normalized spacial score (nSPS) is 10.8. The zero-order chi connectivity index (χ0) is 14.3. The van der Waals surface area contributed by atoms with Crippen molar-refractivity contribution in [3.63, 3.8) is 0 Å². The van der Waals surface area contributed by atoms with Gasteiger partial charge in [0.2, 0.25) is 0 Å². The van der Waals surface area contributed by atoms with Gasteiger partial charge in [0.25, 0.3) is 0 Å². The second-order valence-corrected chi connectivity index (χ2v) is 5.88. The van der Waals surface area contributed by atoms with Crippen molar-refractivity contribution in [1.29, 1.82) is 0 Å². The number of hydrogen-bond donors (Lipinski definition) is 1. The molecule has 108 valence electrons. The van der Waals surface area contributed by atoms with Gasteiger partial charge in [0.05, 0.1) is 18.7 Å². The van der Waals surface area contributed by atoms with Crippen LogP contribution in [0.4, 0.5) is 0 Å². The minimum Gasteiger partial charge on any atom is -0.493 e. The van der Waals surface area contributed by atoms with Crippen LogP contribution >= 0.6 is 15.9 Å². The maximum absolute atomic E-state index is 5.33. The lowest BCUT2D eigenvalue weighted by Crippen LogP contribution is -2.15. The minimum absolute atomic E-state index is 0.742. The van der Waals surface area contributed by atoms with E-state index in [-0.39, 0.29) is 0 Å². The fourth-order valence-corrected chi connectivity index (χ4v) is 2.59. The van der Waals surface area contributed by atoms with E-state index >= 15 is 0 Å². The fraction of sp³-hybridized carbons (Fsp3) is 0.600. The third kappa shape index (κ3) is 5.41. The van der Waals surface area contributed by atoms with Crippen molar-refractivity contribution in [1.82, 2.24) is 5.32 Å². The Morgan fingerprint density at radius 3 is 2.53 bits per heavy atom. The number of methoxy groups -OCH3 is 2. The molecule has 1 rings (SSSR count). The Morgan fingerprint density at radius 2 is 1.95 bits per heavy atom. The van der Waals surface area contributed by atoms with Crippen LogP contribution in [0, 0.1) is 5.92 Å². The first kappa shape index (κ1) is 16.3. The first-order valence-corrected chi connectivity index (χ1v) is 7.49. The smallest absolute Gasteiger partial charge is 0.174 e. The van der Waals surface area contributed by atoms with Crippen LogP contribution in [-0.2, 0) is 6.54 Å². The standard InChI is InChI=1S/C15H24BrNO2/c1-11(2)6-5-7-17-10-12-8-13(16)15(19-4)14(9-12)18-3/h8-9,11,17H,5-7,10H2,1-4H3. The van der Waals surface area contributed by atoms with E-state index in [4.69, 9.17) is 9.47 Å².